The van der Waals surface area contributed by atoms with Crippen LogP contribution in [0, 0.1) is 13.8 Å². The van der Waals surface area contributed by atoms with Crippen molar-refractivity contribution in [1.29, 1.82) is 0 Å². The Labute approximate surface area is 235 Å². The van der Waals surface area contributed by atoms with E-state index in [1.165, 1.54) is 0 Å². The van der Waals surface area contributed by atoms with E-state index >= 15 is 0 Å². The summed E-state index contributed by atoms with van der Waals surface area (Å²) in [5.41, 5.74) is 4.91. The first-order valence-electron chi connectivity index (χ1n) is 13.7. The van der Waals surface area contributed by atoms with Crippen LogP contribution in [0.2, 0.25) is 0 Å². The summed E-state index contributed by atoms with van der Waals surface area (Å²) in [6, 6.07) is 21.0. The van der Waals surface area contributed by atoms with E-state index in [2.05, 4.69) is 54.7 Å². The number of amides is 3. The van der Waals surface area contributed by atoms with Crippen molar-refractivity contribution >= 4 is 17.8 Å². The lowest BCUT2D eigenvalue weighted by Crippen LogP contribution is -2.55. The van der Waals surface area contributed by atoms with E-state index in [0.29, 0.717) is 36.0 Å². The molecule has 5 rings (SSSR count). The number of benzene rings is 3. The summed E-state index contributed by atoms with van der Waals surface area (Å²) < 4.78 is 11.7. The summed E-state index contributed by atoms with van der Waals surface area (Å²) in [5.74, 6) is 1.56. The van der Waals surface area contributed by atoms with Gasteiger partial charge >= 0.3 is 6.03 Å². The summed E-state index contributed by atoms with van der Waals surface area (Å²) in [6.45, 7) is 8.83. The third kappa shape index (κ3) is 5.52. The van der Waals surface area contributed by atoms with Gasteiger partial charge in [0.2, 0.25) is 5.91 Å². The molecule has 3 amide bonds. The maximum Gasteiger partial charge on any atom is 0.326 e. The van der Waals surface area contributed by atoms with Gasteiger partial charge in [0.1, 0.15) is 29.9 Å². The van der Waals surface area contributed by atoms with Gasteiger partial charge in [-0.15, -0.1) is 0 Å². The molecule has 0 radical (unpaired) electrons. The molecule has 1 saturated heterocycles. The van der Waals surface area contributed by atoms with E-state index in [0.717, 1.165) is 22.3 Å². The van der Waals surface area contributed by atoms with Crippen LogP contribution in [0.1, 0.15) is 53.7 Å². The molecule has 0 aliphatic carbocycles. The van der Waals surface area contributed by atoms with Gasteiger partial charge in [-0.25, -0.2) is 4.79 Å². The number of urea groups is 1. The van der Waals surface area contributed by atoms with Crippen molar-refractivity contribution in [2.45, 2.75) is 45.9 Å². The Hall–Kier alpha value is -4.33. The largest absolute Gasteiger partial charge is 0.497 e. The predicted octanol–water partition coefficient (Wildman–Crippen LogP) is 5.20. The van der Waals surface area contributed by atoms with Gasteiger partial charge in [-0.3, -0.25) is 14.7 Å². The average molecular weight is 541 g/mol. The van der Waals surface area contributed by atoms with E-state index in [4.69, 9.17) is 14.5 Å². The summed E-state index contributed by atoms with van der Waals surface area (Å²) in [5, 5.41) is 2.82. The number of rotatable bonds is 6. The number of aliphatic imine (C=N–C) groups is 1. The first kappa shape index (κ1) is 27.2. The molecule has 208 valence electrons. The summed E-state index contributed by atoms with van der Waals surface area (Å²) in [4.78, 5) is 35.3. The van der Waals surface area contributed by atoms with Gasteiger partial charge in [0.25, 0.3) is 0 Å². The van der Waals surface area contributed by atoms with E-state index in [1.807, 2.05) is 45.0 Å². The molecule has 3 aromatic rings. The first-order chi connectivity index (χ1) is 19.2. The minimum absolute atomic E-state index is 0.00366. The van der Waals surface area contributed by atoms with Crippen LogP contribution < -0.4 is 14.8 Å². The number of hydrogen-bond acceptors (Lipinski definition) is 5. The van der Waals surface area contributed by atoms with Crippen LogP contribution in [0.5, 0.6) is 11.5 Å². The number of nitrogens with zero attached hydrogens (tertiary/aromatic N) is 3. The van der Waals surface area contributed by atoms with Crippen molar-refractivity contribution in [3.8, 4) is 11.5 Å². The standard InChI is InChI=1S/C32H36N4O4/c1-20(2)40-27-18-25(39-5)13-14-26(27)31-34-29(24-8-6-7-22(4)17-24)30(23-11-9-21(3)10-12-23)36(31)32(38)35-16-15-33-28(37)19-35/h6-14,17-18,20,29-30H,15-16,19H2,1-5H3,(H,33,37)/t29-,30+/m0/s1. The maximum absolute atomic E-state index is 14.4. The predicted molar refractivity (Wildman–Crippen MR) is 155 cm³/mol. The molecule has 3 aromatic carbocycles. The lowest BCUT2D eigenvalue weighted by molar-refractivity contribution is -0.123. The van der Waals surface area contributed by atoms with Gasteiger partial charge in [-0.05, 0) is 51.0 Å². The Morgan fingerprint density at radius 2 is 1.77 bits per heavy atom. The highest BCUT2D eigenvalue weighted by atomic mass is 16.5. The van der Waals surface area contributed by atoms with Gasteiger partial charge in [0.05, 0.1) is 24.8 Å². The molecule has 1 N–H and O–H groups in total. The molecule has 2 atom stereocenters. The Bertz CT molecular complexity index is 1430. The number of carbonyl (C=O) groups excluding carboxylic acids is 2. The number of carbonyl (C=O) groups is 2. The molecule has 1 fully saturated rings. The molecular formula is C32H36N4O4. The van der Waals surface area contributed by atoms with E-state index in [-0.39, 0.29) is 30.6 Å². The fourth-order valence-corrected chi connectivity index (χ4v) is 5.27. The quantitative estimate of drug-likeness (QED) is 0.466. The third-order valence-corrected chi connectivity index (χ3v) is 7.18. The van der Waals surface area contributed by atoms with E-state index < -0.39 is 6.04 Å². The molecule has 2 aliphatic rings. The number of piperazine rings is 1. The van der Waals surface area contributed by atoms with Crippen LogP contribution in [-0.2, 0) is 4.79 Å². The second-order valence-electron chi connectivity index (χ2n) is 10.6. The lowest BCUT2D eigenvalue weighted by Gasteiger charge is -2.36. The van der Waals surface area contributed by atoms with Crippen molar-refractivity contribution in [2.24, 2.45) is 4.99 Å². The van der Waals surface area contributed by atoms with Crippen molar-refractivity contribution < 1.29 is 19.1 Å². The Morgan fingerprint density at radius 1 is 1.00 bits per heavy atom. The molecule has 0 aromatic heterocycles. The molecule has 0 unspecified atom stereocenters. The van der Waals surface area contributed by atoms with Gasteiger partial charge < -0.3 is 19.7 Å². The normalized spacial score (nSPS) is 18.9. The highest BCUT2D eigenvalue weighted by molar-refractivity contribution is 6.11. The summed E-state index contributed by atoms with van der Waals surface area (Å²) in [7, 11) is 1.61. The molecular weight excluding hydrogens is 504 g/mol. The van der Waals surface area contributed by atoms with Crippen molar-refractivity contribution in [1.82, 2.24) is 15.1 Å². The second-order valence-corrected chi connectivity index (χ2v) is 10.6. The topological polar surface area (TPSA) is 83.5 Å². The smallest absolute Gasteiger partial charge is 0.326 e. The molecule has 40 heavy (non-hydrogen) atoms. The number of aryl methyl sites for hydroxylation is 2. The molecule has 2 heterocycles. The van der Waals surface area contributed by atoms with Crippen LogP contribution in [0.3, 0.4) is 0 Å². The zero-order valence-corrected chi connectivity index (χ0v) is 23.7. The average Bonchev–Trinajstić information content (AvgIpc) is 3.33. The molecule has 8 heteroatoms. The Morgan fingerprint density at radius 3 is 2.45 bits per heavy atom. The van der Waals surface area contributed by atoms with Crippen LogP contribution >= 0.6 is 0 Å². The van der Waals surface area contributed by atoms with E-state index in [9.17, 15) is 9.59 Å². The molecule has 2 aliphatic heterocycles. The fourth-order valence-electron chi connectivity index (χ4n) is 5.27. The van der Waals surface area contributed by atoms with Crippen molar-refractivity contribution in [3.63, 3.8) is 0 Å². The highest BCUT2D eigenvalue weighted by Crippen LogP contribution is 2.45. The van der Waals surface area contributed by atoms with Gasteiger partial charge in [0.15, 0.2) is 0 Å². The zero-order chi connectivity index (χ0) is 28.4. The number of nitrogens with one attached hydrogen (secondary N) is 1. The highest BCUT2D eigenvalue weighted by Gasteiger charge is 2.45. The Kier molecular flexibility index (Phi) is 7.78. The van der Waals surface area contributed by atoms with Crippen LogP contribution in [0.25, 0.3) is 0 Å². The number of amidine groups is 1. The molecule has 0 bridgehead atoms. The molecule has 8 nitrogen and oxygen atoms in total. The summed E-state index contributed by atoms with van der Waals surface area (Å²) in [6.07, 6.45) is -0.108. The summed E-state index contributed by atoms with van der Waals surface area (Å²) >= 11 is 0. The van der Waals surface area contributed by atoms with Crippen LogP contribution in [-0.4, -0.2) is 60.4 Å². The van der Waals surface area contributed by atoms with Gasteiger partial charge in [-0.1, -0.05) is 59.7 Å². The first-order valence-corrected chi connectivity index (χ1v) is 13.7. The molecule has 0 spiro atoms. The minimum Gasteiger partial charge on any atom is -0.497 e. The zero-order valence-electron chi connectivity index (χ0n) is 23.7. The maximum atomic E-state index is 14.4. The monoisotopic (exact) mass is 540 g/mol. The van der Waals surface area contributed by atoms with Crippen molar-refractivity contribution in [2.75, 3.05) is 26.7 Å². The minimum atomic E-state index is -0.427. The fraction of sp³-hybridized carbons (Fsp3) is 0.344. The van der Waals surface area contributed by atoms with E-state index in [1.54, 1.807) is 16.9 Å². The van der Waals surface area contributed by atoms with Crippen LogP contribution in [0.15, 0.2) is 71.7 Å². The van der Waals surface area contributed by atoms with Crippen LogP contribution in [0.4, 0.5) is 4.79 Å². The Balaban J connectivity index is 1.72. The molecule has 0 saturated carbocycles. The van der Waals surface area contributed by atoms with Gasteiger partial charge in [-0.2, -0.15) is 0 Å². The third-order valence-electron chi connectivity index (χ3n) is 7.18. The second kappa shape index (κ2) is 11.4. The van der Waals surface area contributed by atoms with Crippen molar-refractivity contribution in [3.05, 3.63) is 94.5 Å². The number of methoxy groups -OCH3 is 1. The number of hydrogen-bond donors (Lipinski definition) is 1. The SMILES string of the molecule is COc1ccc(C2=N[C@@H](c3cccc(C)c3)[C@@H](c3ccc(C)cc3)N2C(=O)N2CCNC(=O)C2)c(OC(C)C)c1. The van der Waals surface area contributed by atoms with Gasteiger partial charge in [0, 0.05) is 19.2 Å². The lowest BCUT2D eigenvalue weighted by atomic mass is 9.92. The number of ether oxygens (including phenoxy) is 2.